The Hall–Kier alpha value is -2.48. The van der Waals surface area contributed by atoms with E-state index in [2.05, 4.69) is 21.9 Å². The quantitative estimate of drug-likeness (QED) is 0.484. The van der Waals surface area contributed by atoms with E-state index in [1.165, 1.54) is 16.2 Å². The van der Waals surface area contributed by atoms with E-state index in [1.54, 1.807) is 56.0 Å². The van der Waals surface area contributed by atoms with Crippen molar-refractivity contribution in [3.8, 4) is 11.3 Å². The van der Waals surface area contributed by atoms with E-state index < -0.39 is 15.3 Å². The minimum atomic E-state index is -3.85. The Bertz CT molecular complexity index is 1050. The molecule has 3 aromatic rings. The van der Waals surface area contributed by atoms with Crippen LogP contribution in [-0.2, 0) is 16.6 Å². The molecule has 27 heavy (non-hydrogen) atoms. The van der Waals surface area contributed by atoms with Gasteiger partial charge < -0.3 is 5.32 Å². The molecule has 0 aliphatic carbocycles. The van der Waals surface area contributed by atoms with Crippen LogP contribution in [0.15, 0.2) is 67.8 Å². The Balaban J connectivity index is 2.20. The summed E-state index contributed by atoms with van der Waals surface area (Å²) in [5.74, 6) is 0. The van der Waals surface area contributed by atoms with Crippen LogP contribution in [0.2, 0.25) is 5.15 Å². The van der Waals surface area contributed by atoms with Crippen LogP contribution in [0.1, 0.15) is 16.4 Å². The Morgan fingerprint density at radius 3 is 2.74 bits per heavy atom. The number of aromatic nitrogens is 3. The number of nitrogens with zero attached hydrogens (tertiary/aromatic N) is 3. The number of hydrogen-bond donors (Lipinski definition) is 1. The number of halogens is 1. The first-order valence-corrected chi connectivity index (χ1v) is 10.1. The van der Waals surface area contributed by atoms with Crippen molar-refractivity contribution in [3.05, 3.63) is 84.1 Å². The van der Waals surface area contributed by atoms with Crippen molar-refractivity contribution in [2.45, 2.75) is 11.8 Å². The number of hydrogen-bond acceptors (Lipinski definition) is 5. The van der Waals surface area contributed by atoms with E-state index >= 15 is 0 Å². The summed E-state index contributed by atoms with van der Waals surface area (Å²) in [5.41, 5.74) is 2.35. The minimum absolute atomic E-state index is 0.236. The molecule has 0 bridgehead atoms. The predicted octanol–water partition coefficient (Wildman–Crippen LogP) is 3.42. The molecule has 0 spiro atoms. The molecule has 0 saturated heterocycles. The SMILES string of the molecule is C=CC(c1cccnc1)S(=O)(=O)n1cc(CNC)cc1-c1cccnc1Cl. The molecule has 0 radical (unpaired) electrons. The largest absolute Gasteiger partial charge is 0.316 e. The van der Waals surface area contributed by atoms with Crippen molar-refractivity contribution in [2.75, 3.05) is 7.05 Å². The lowest BCUT2D eigenvalue weighted by Crippen LogP contribution is -2.20. The van der Waals surface area contributed by atoms with Crippen LogP contribution in [0.4, 0.5) is 0 Å². The third-order valence-corrected chi connectivity index (χ3v) is 6.34. The van der Waals surface area contributed by atoms with Gasteiger partial charge in [0.05, 0.1) is 5.69 Å². The molecular formula is C19H19ClN4O2S. The second-order valence-corrected chi connectivity index (χ2v) is 8.18. The molecule has 0 saturated carbocycles. The summed E-state index contributed by atoms with van der Waals surface area (Å²) in [5, 5.41) is 2.32. The molecule has 1 N–H and O–H groups in total. The minimum Gasteiger partial charge on any atom is -0.316 e. The fourth-order valence-electron chi connectivity index (χ4n) is 2.88. The number of rotatable bonds is 7. The van der Waals surface area contributed by atoms with Gasteiger partial charge in [-0.2, -0.15) is 0 Å². The molecule has 0 aromatic carbocycles. The van der Waals surface area contributed by atoms with Crippen LogP contribution >= 0.6 is 11.6 Å². The molecule has 6 nitrogen and oxygen atoms in total. The van der Waals surface area contributed by atoms with Crippen LogP contribution in [0, 0.1) is 0 Å². The second kappa shape index (κ2) is 8.04. The van der Waals surface area contributed by atoms with E-state index in [4.69, 9.17) is 11.6 Å². The van der Waals surface area contributed by atoms with Crippen LogP contribution < -0.4 is 5.32 Å². The van der Waals surface area contributed by atoms with Crippen molar-refractivity contribution in [2.24, 2.45) is 0 Å². The number of nitrogens with one attached hydrogen (secondary N) is 1. The molecule has 1 unspecified atom stereocenters. The lowest BCUT2D eigenvalue weighted by atomic mass is 10.2. The molecule has 8 heteroatoms. The first-order chi connectivity index (χ1) is 13.0. The zero-order chi connectivity index (χ0) is 19.4. The van der Waals surface area contributed by atoms with E-state index in [1.807, 2.05) is 0 Å². The van der Waals surface area contributed by atoms with Gasteiger partial charge in [0, 0.05) is 36.9 Å². The molecule has 140 valence electrons. The van der Waals surface area contributed by atoms with Crippen molar-refractivity contribution >= 4 is 21.6 Å². The fraction of sp³-hybridized carbons (Fsp3) is 0.158. The lowest BCUT2D eigenvalue weighted by molar-refractivity contribution is 0.581. The smallest absolute Gasteiger partial charge is 0.249 e. The van der Waals surface area contributed by atoms with Crippen LogP contribution in [0.25, 0.3) is 11.3 Å². The highest BCUT2D eigenvalue weighted by Gasteiger charge is 2.29. The maximum absolute atomic E-state index is 13.5. The van der Waals surface area contributed by atoms with Gasteiger partial charge in [0.2, 0.25) is 10.0 Å². The molecule has 3 heterocycles. The van der Waals surface area contributed by atoms with E-state index in [-0.39, 0.29) is 5.15 Å². The second-order valence-electron chi connectivity index (χ2n) is 5.89. The highest BCUT2D eigenvalue weighted by atomic mass is 35.5. The maximum atomic E-state index is 13.5. The van der Waals surface area contributed by atoms with Crippen molar-refractivity contribution in [3.63, 3.8) is 0 Å². The summed E-state index contributed by atoms with van der Waals surface area (Å²) in [6.07, 6.45) is 7.68. The van der Waals surface area contributed by atoms with E-state index in [0.29, 0.717) is 23.4 Å². The Kier molecular flexibility index (Phi) is 5.74. The van der Waals surface area contributed by atoms with Gasteiger partial charge in [0.25, 0.3) is 0 Å². The summed E-state index contributed by atoms with van der Waals surface area (Å²) in [7, 11) is -2.06. The Morgan fingerprint density at radius 2 is 2.11 bits per heavy atom. The monoisotopic (exact) mass is 402 g/mol. The maximum Gasteiger partial charge on any atom is 0.249 e. The highest BCUT2D eigenvalue weighted by molar-refractivity contribution is 7.90. The van der Waals surface area contributed by atoms with E-state index in [0.717, 1.165) is 5.56 Å². The summed E-state index contributed by atoms with van der Waals surface area (Å²) in [4.78, 5) is 8.10. The van der Waals surface area contributed by atoms with E-state index in [9.17, 15) is 8.42 Å². The van der Waals surface area contributed by atoms with Crippen molar-refractivity contribution in [1.82, 2.24) is 19.3 Å². The molecule has 0 aliphatic rings. The molecule has 0 amide bonds. The predicted molar refractivity (Wildman–Crippen MR) is 107 cm³/mol. The van der Waals surface area contributed by atoms with Gasteiger partial charge in [-0.1, -0.05) is 23.7 Å². The summed E-state index contributed by atoms with van der Waals surface area (Å²) in [6.45, 7) is 4.23. The van der Waals surface area contributed by atoms with Crippen molar-refractivity contribution in [1.29, 1.82) is 0 Å². The first-order valence-electron chi connectivity index (χ1n) is 8.22. The molecule has 0 aliphatic heterocycles. The molecule has 1 atom stereocenters. The van der Waals surface area contributed by atoms with Gasteiger partial charge in [-0.15, -0.1) is 6.58 Å². The molecule has 3 rings (SSSR count). The average molecular weight is 403 g/mol. The van der Waals surface area contributed by atoms with Gasteiger partial charge in [0.15, 0.2) is 0 Å². The Morgan fingerprint density at radius 1 is 1.33 bits per heavy atom. The normalized spacial score (nSPS) is 12.7. The topological polar surface area (TPSA) is 76.9 Å². The summed E-state index contributed by atoms with van der Waals surface area (Å²) in [6, 6.07) is 8.66. The van der Waals surface area contributed by atoms with Gasteiger partial charge in [-0.25, -0.2) is 17.4 Å². The molecule has 0 fully saturated rings. The van der Waals surface area contributed by atoms with Gasteiger partial charge in [0.1, 0.15) is 10.4 Å². The van der Waals surface area contributed by atoms with Gasteiger partial charge >= 0.3 is 0 Å². The third-order valence-electron chi connectivity index (χ3n) is 4.08. The molecular weight excluding hydrogens is 384 g/mol. The number of pyridine rings is 2. The van der Waals surface area contributed by atoms with Crippen LogP contribution in [0.5, 0.6) is 0 Å². The van der Waals surface area contributed by atoms with Gasteiger partial charge in [-0.05, 0) is 42.4 Å². The first kappa shape index (κ1) is 19.3. The third kappa shape index (κ3) is 3.80. The standard InChI is InChI=1S/C19H19ClN4O2S/c1-3-18(15-6-4-8-22-12-15)27(25,26)24-13-14(11-21-2)10-17(24)16-7-5-9-23-19(16)20/h3-10,12-13,18,21H,1,11H2,2H3. The summed E-state index contributed by atoms with van der Waals surface area (Å²) < 4.78 is 28.2. The lowest BCUT2D eigenvalue weighted by Gasteiger charge is -2.17. The zero-order valence-electron chi connectivity index (χ0n) is 14.7. The highest BCUT2D eigenvalue weighted by Crippen LogP contribution is 2.33. The average Bonchev–Trinajstić information content (AvgIpc) is 3.08. The molecule has 3 aromatic heterocycles. The van der Waals surface area contributed by atoms with Crippen molar-refractivity contribution < 1.29 is 8.42 Å². The summed E-state index contributed by atoms with van der Waals surface area (Å²) >= 11 is 6.23. The van der Waals surface area contributed by atoms with Crippen LogP contribution in [0.3, 0.4) is 0 Å². The van der Waals surface area contributed by atoms with Crippen LogP contribution in [-0.4, -0.2) is 29.4 Å². The van der Waals surface area contributed by atoms with Gasteiger partial charge in [-0.3, -0.25) is 4.98 Å². The fourth-order valence-corrected chi connectivity index (χ4v) is 4.77. The Labute approximate surface area is 163 Å². The zero-order valence-corrected chi connectivity index (χ0v) is 16.3.